The van der Waals surface area contributed by atoms with E-state index in [2.05, 4.69) is 10.2 Å². The number of Topliss-reactive ketones (excluding diaryl/α,β-unsaturated/α-hetero) is 1. The van der Waals surface area contributed by atoms with Crippen molar-refractivity contribution in [3.05, 3.63) is 64.9 Å². The molecule has 0 amide bonds. The molecule has 3 aliphatic rings. The molecule has 0 saturated heterocycles. The Kier molecular flexibility index (Phi) is 7.07. The molecule has 2 fully saturated rings. The van der Waals surface area contributed by atoms with E-state index < -0.39 is 11.7 Å². The molecule has 0 spiro atoms. The van der Waals surface area contributed by atoms with Gasteiger partial charge in [-0.2, -0.15) is 23.4 Å². The zero-order chi connectivity index (χ0) is 22.6. The first-order valence-electron chi connectivity index (χ1n) is 11.7. The fourth-order valence-electron chi connectivity index (χ4n) is 5.09. The Balaban J connectivity index is 1.57. The van der Waals surface area contributed by atoms with Gasteiger partial charge >= 0.3 is 6.18 Å². The van der Waals surface area contributed by atoms with Crippen LogP contribution in [0.2, 0.25) is 0 Å². The lowest BCUT2D eigenvalue weighted by atomic mass is 9.73. The standard InChI is InChI=1S/C26H29F3N2O/c27-26(28,29)21-11-13-22(14-12-21)31-30-17-18-15-23(19-7-3-1-4-8-19)25(32)24(16-18)20-9-5-2-6-10-20/h11-17,19-20H,1-10H2. The maximum Gasteiger partial charge on any atom is 0.416 e. The van der Waals surface area contributed by atoms with E-state index in [-0.39, 0.29) is 5.78 Å². The number of alkyl halides is 3. The van der Waals surface area contributed by atoms with Gasteiger partial charge in [-0.15, -0.1) is 0 Å². The Bertz CT molecular complexity index is 902. The van der Waals surface area contributed by atoms with E-state index >= 15 is 0 Å². The van der Waals surface area contributed by atoms with Gasteiger partial charge in [0, 0.05) is 11.1 Å². The molecule has 1 aromatic carbocycles. The molecule has 4 rings (SSSR count). The molecule has 0 unspecified atom stereocenters. The van der Waals surface area contributed by atoms with Crippen molar-refractivity contribution in [3.8, 4) is 0 Å². The molecule has 0 atom stereocenters. The highest BCUT2D eigenvalue weighted by Gasteiger charge is 2.32. The number of carbonyl (C=O) groups is 1. The van der Waals surface area contributed by atoms with E-state index in [0.717, 1.165) is 80.2 Å². The molecule has 32 heavy (non-hydrogen) atoms. The molecule has 1 aromatic rings. The Hall–Kier alpha value is -2.50. The van der Waals surface area contributed by atoms with Crippen LogP contribution in [-0.4, -0.2) is 5.78 Å². The van der Waals surface area contributed by atoms with Crippen molar-refractivity contribution in [1.29, 1.82) is 0 Å². The van der Waals surface area contributed by atoms with Crippen molar-refractivity contribution in [1.82, 2.24) is 0 Å². The molecule has 6 heteroatoms. The molecular weight excluding hydrogens is 413 g/mol. The predicted molar refractivity (Wildman–Crippen MR) is 118 cm³/mol. The summed E-state index contributed by atoms with van der Waals surface area (Å²) in [6.45, 7) is 0. The van der Waals surface area contributed by atoms with E-state index in [1.807, 2.05) is 12.2 Å². The third-order valence-electron chi connectivity index (χ3n) is 6.83. The minimum Gasteiger partial charge on any atom is -0.289 e. The van der Waals surface area contributed by atoms with Crippen LogP contribution in [0.5, 0.6) is 0 Å². The number of allylic oxidation sites excluding steroid dienone is 5. The van der Waals surface area contributed by atoms with Gasteiger partial charge in [-0.05, 0) is 79.5 Å². The highest BCUT2D eigenvalue weighted by atomic mass is 19.4. The summed E-state index contributed by atoms with van der Waals surface area (Å²) in [5.74, 6) is 0.818. The van der Waals surface area contributed by atoms with E-state index in [4.69, 9.17) is 0 Å². The molecule has 3 aliphatic carbocycles. The summed E-state index contributed by atoms with van der Waals surface area (Å²) >= 11 is 0. The first kappa shape index (κ1) is 22.7. The van der Waals surface area contributed by atoms with Crippen LogP contribution in [0.25, 0.3) is 0 Å². The largest absolute Gasteiger partial charge is 0.416 e. The number of azo groups is 1. The molecule has 0 N–H and O–H groups in total. The van der Waals surface area contributed by atoms with Crippen LogP contribution in [0.1, 0.15) is 69.8 Å². The fourth-order valence-corrected chi connectivity index (χ4v) is 5.09. The zero-order valence-corrected chi connectivity index (χ0v) is 18.2. The third-order valence-corrected chi connectivity index (χ3v) is 6.83. The average Bonchev–Trinajstić information content (AvgIpc) is 2.81. The quantitative estimate of drug-likeness (QED) is 0.433. The highest BCUT2D eigenvalue weighted by Crippen LogP contribution is 2.39. The normalized spacial score (nSPS) is 21.6. The van der Waals surface area contributed by atoms with Gasteiger partial charge in [-0.25, -0.2) is 0 Å². The summed E-state index contributed by atoms with van der Waals surface area (Å²) in [6, 6.07) is 4.62. The van der Waals surface area contributed by atoms with Crippen molar-refractivity contribution >= 4 is 11.5 Å². The smallest absolute Gasteiger partial charge is 0.289 e. The van der Waals surface area contributed by atoms with Gasteiger partial charge in [0.1, 0.15) is 0 Å². The maximum absolute atomic E-state index is 13.4. The van der Waals surface area contributed by atoms with E-state index in [1.54, 1.807) is 6.20 Å². The summed E-state index contributed by atoms with van der Waals surface area (Å²) in [5, 5.41) is 8.18. The minimum atomic E-state index is -4.37. The van der Waals surface area contributed by atoms with Crippen LogP contribution in [0.4, 0.5) is 18.9 Å². The highest BCUT2D eigenvalue weighted by molar-refractivity contribution is 6.11. The molecule has 170 valence electrons. The Labute approximate surface area is 187 Å². The molecule has 0 bridgehead atoms. The monoisotopic (exact) mass is 442 g/mol. The first-order valence-corrected chi connectivity index (χ1v) is 11.7. The molecule has 3 nitrogen and oxygen atoms in total. The number of rotatable bonds is 4. The second-order valence-electron chi connectivity index (χ2n) is 9.09. The molecule has 0 aliphatic heterocycles. The van der Waals surface area contributed by atoms with Gasteiger partial charge in [-0.1, -0.05) is 38.5 Å². The van der Waals surface area contributed by atoms with Crippen LogP contribution in [0.3, 0.4) is 0 Å². The van der Waals surface area contributed by atoms with Crippen molar-refractivity contribution in [3.63, 3.8) is 0 Å². The molecule has 0 aromatic heterocycles. The second-order valence-corrected chi connectivity index (χ2v) is 9.09. The summed E-state index contributed by atoms with van der Waals surface area (Å²) in [7, 11) is 0. The van der Waals surface area contributed by atoms with Gasteiger partial charge in [0.25, 0.3) is 0 Å². The molecular formula is C26H29F3N2O. The number of hydrogen-bond acceptors (Lipinski definition) is 3. The number of halogens is 3. The van der Waals surface area contributed by atoms with Crippen LogP contribution in [-0.2, 0) is 11.0 Å². The third kappa shape index (κ3) is 5.45. The van der Waals surface area contributed by atoms with E-state index in [1.165, 1.54) is 25.0 Å². The zero-order valence-electron chi connectivity index (χ0n) is 18.2. The van der Waals surface area contributed by atoms with Crippen LogP contribution in [0, 0.1) is 11.8 Å². The van der Waals surface area contributed by atoms with E-state index in [0.29, 0.717) is 17.5 Å². The Morgan fingerprint density at radius 3 is 1.75 bits per heavy atom. The van der Waals surface area contributed by atoms with E-state index in [9.17, 15) is 18.0 Å². The van der Waals surface area contributed by atoms with Crippen molar-refractivity contribution < 1.29 is 18.0 Å². The van der Waals surface area contributed by atoms with Gasteiger partial charge in [0.05, 0.1) is 17.5 Å². The first-order chi connectivity index (χ1) is 15.4. The second kappa shape index (κ2) is 9.97. The van der Waals surface area contributed by atoms with Crippen LogP contribution >= 0.6 is 0 Å². The van der Waals surface area contributed by atoms with Crippen LogP contribution in [0.15, 0.2) is 69.6 Å². The number of ketones is 1. The summed E-state index contributed by atoms with van der Waals surface area (Å²) in [6.07, 6.45) is 12.5. The lowest BCUT2D eigenvalue weighted by Crippen LogP contribution is -2.25. The number of nitrogens with zero attached hydrogens (tertiary/aromatic N) is 2. The number of benzene rings is 1. The van der Waals surface area contributed by atoms with Gasteiger partial charge < -0.3 is 0 Å². The van der Waals surface area contributed by atoms with Crippen molar-refractivity contribution in [2.75, 3.05) is 0 Å². The molecule has 2 saturated carbocycles. The summed E-state index contributed by atoms with van der Waals surface area (Å²) in [5.41, 5.74) is 2.31. The SMILES string of the molecule is O=C1C(C2CCCCC2)=CC(=CN=Nc2ccc(C(F)(F)F)cc2)C=C1C1CCCCC1. The fraction of sp³-hybridized carbons (Fsp3) is 0.500. The maximum atomic E-state index is 13.4. The number of carbonyl (C=O) groups excluding carboxylic acids is 1. The molecule has 0 radical (unpaired) electrons. The Morgan fingerprint density at radius 2 is 1.28 bits per heavy atom. The minimum absolute atomic E-state index is 0.209. The predicted octanol–water partition coefficient (Wildman–Crippen LogP) is 8.27. The van der Waals surface area contributed by atoms with Crippen LogP contribution < -0.4 is 0 Å². The Morgan fingerprint density at radius 1 is 0.781 bits per heavy atom. The van der Waals surface area contributed by atoms with Gasteiger partial charge in [0.2, 0.25) is 0 Å². The topological polar surface area (TPSA) is 41.8 Å². The molecule has 0 heterocycles. The lowest BCUT2D eigenvalue weighted by Gasteiger charge is -2.30. The summed E-state index contributed by atoms with van der Waals surface area (Å²) < 4.78 is 38.2. The van der Waals surface area contributed by atoms with Gasteiger partial charge in [0.15, 0.2) is 5.78 Å². The lowest BCUT2D eigenvalue weighted by molar-refractivity contribution is -0.137. The summed E-state index contributed by atoms with van der Waals surface area (Å²) in [4.78, 5) is 13.4. The van der Waals surface area contributed by atoms with Crippen molar-refractivity contribution in [2.24, 2.45) is 22.1 Å². The van der Waals surface area contributed by atoms with Crippen molar-refractivity contribution in [2.45, 2.75) is 70.4 Å². The average molecular weight is 443 g/mol. The van der Waals surface area contributed by atoms with Gasteiger partial charge in [-0.3, -0.25) is 4.79 Å². The number of hydrogen-bond donors (Lipinski definition) is 0.